The third-order valence-corrected chi connectivity index (χ3v) is 2.28. The SMILES string of the molecule is O=C(O)CC(F)(F)CN1CCC(=O)CC1. The Labute approximate surface area is 85.9 Å². The van der Waals surface area contributed by atoms with Crippen molar-refractivity contribution >= 4 is 11.8 Å². The van der Waals surface area contributed by atoms with Crippen molar-refractivity contribution in [2.45, 2.75) is 25.2 Å². The van der Waals surface area contributed by atoms with Crippen LogP contribution in [0.2, 0.25) is 0 Å². The lowest BCUT2D eigenvalue weighted by atomic mass is 10.1. The van der Waals surface area contributed by atoms with Crippen LogP contribution in [0.1, 0.15) is 19.3 Å². The van der Waals surface area contributed by atoms with E-state index in [0.29, 0.717) is 13.1 Å². The molecular weight excluding hydrogens is 208 g/mol. The molecule has 1 rings (SSSR count). The summed E-state index contributed by atoms with van der Waals surface area (Å²) in [6.07, 6.45) is -0.594. The maximum atomic E-state index is 13.0. The Kier molecular flexibility index (Phi) is 3.73. The average Bonchev–Trinajstić information content (AvgIpc) is 2.06. The largest absolute Gasteiger partial charge is 0.481 e. The number of rotatable bonds is 4. The number of ketones is 1. The van der Waals surface area contributed by atoms with Crippen molar-refractivity contribution < 1.29 is 23.5 Å². The fraction of sp³-hybridized carbons (Fsp3) is 0.778. The molecule has 0 saturated carbocycles. The number of hydrogen-bond acceptors (Lipinski definition) is 3. The molecular formula is C9H13F2NO3. The van der Waals surface area contributed by atoms with Crippen LogP contribution in [0.15, 0.2) is 0 Å². The summed E-state index contributed by atoms with van der Waals surface area (Å²) < 4.78 is 26.1. The molecule has 0 aromatic carbocycles. The molecule has 0 radical (unpaired) electrons. The molecule has 0 bridgehead atoms. The number of carboxylic acid groups (broad SMARTS) is 1. The van der Waals surface area contributed by atoms with Crippen LogP contribution in [0.4, 0.5) is 8.78 Å². The lowest BCUT2D eigenvalue weighted by Crippen LogP contribution is -2.42. The molecule has 0 aromatic rings. The molecule has 15 heavy (non-hydrogen) atoms. The lowest BCUT2D eigenvalue weighted by Gasteiger charge is -2.28. The number of alkyl halides is 2. The van der Waals surface area contributed by atoms with E-state index in [2.05, 4.69) is 0 Å². The van der Waals surface area contributed by atoms with Gasteiger partial charge >= 0.3 is 5.97 Å². The number of aliphatic carboxylic acids is 1. The number of carbonyl (C=O) groups is 2. The van der Waals surface area contributed by atoms with Gasteiger partial charge in [-0.25, -0.2) is 8.78 Å². The smallest absolute Gasteiger partial charge is 0.309 e. The number of carbonyl (C=O) groups excluding carboxylic acids is 1. The standard InChI is InChI=1S/C9H13F2NO3/c10-9(11,5-8(14)15)6-12-3-1-7(13)2-4-12/h1-6H2,(H,14,15). The highest BCUT2D eigenvalue weighted by atomic mass is 19.3. The van der Waals surface area contributed by atoms with E-state index >= 15 is 0 Å². The average molecular weight is 221 g/mol. The molecule has 6 heteroatoms. The number of piperidine rings is 1. The van der Waals surface area contributed by atoms with Crippen LogP contribution in [-0.2, 0) is 9.59 Å². The lowest BCUT2D eigenvalue weighted by molar-refractivity contribution is -0.147. The second-order valence-corrected chi connectivity index (χ2v) is 3.74. The summed E-state index contributed by atoms with van der Waals surface area (Å²) in [5.74, 6) is -4.65. The normalized spacial score (nSPS) is 19.2. The van der Waals surface area contributed by atoms with Gasteiger partial charge in [0.1, 0.15) is 12.2 Å². The third kappa shape index (κ3) is 4.33. The van der Waals surface area contributed by atoms with E-state index in [1.807, 2.05) is 0 Å². The fourth-order valence-electron chi connectivity index (χ4n) is 1.56. The van der Waals surface area contributed by atoms with E-state index < -0.39 is 24.9 Å². The van der Waals surface area contributed by atoms with Crippen LogP contribution >= 0.6 is 0 Å². The molecule has 0 aromatic heterocycles. The number of likely N-dealkylation sites (tertiary alicyclic amines) is 1. The van der Waals surface area contributed by atoms with E-state index in [-0.39, 0.29) is 18.6 Å². The Balaban J connectivity index is 2.39. The van der Waals surface area contributed by atoms with Gasteiger partial charge in [0.2, 0.25) is 0 Å². The zero-order valence-corrected chi connectivity index (χ0v) is 8.21. The van der Waals surface area contributed by atoms with Gasteiger partial charge in [-0.1, -0.05) is 0 Å². The molecule has 1 fully saturated rings. The predicted octanol–water partition coefficient (Wildman–Crippen LogP) is 0.761. The zero-order chi connectivity index (χ0) is 11.5. The highest BCUT2D eigenvalue weighted by Crippen LogP contribution is 2.21. The molecule has 0 unspecified atom stereocenters. The van der Waals surface area contributed by atoms with Gasteiger partial charge in [-0.2, -0.15) is 0 Å². The van der Waals surface area contributed by atoms with Gasteiger partial charge in [0.25, 0.3) is 5.92 Å². The molecule has 1 aliphatic rings. The van der Waals surface area contributed by atoms with Gasteiger partial charge in [-0.3, -0.25) is 14.5 Å². The van der Waals surface area contributed by atoms with Crippen LogP contribution in [0.3, 0.4) is 0 Å². The second kappa shape index (κ2) is 4.65. The maximum Gasteiger partial charge on any atom is 0.309 e. The summed E-state index contributed by atoms with van der Waals surface area (Å²) in [5, 5.41) is 8.27. The molecule has 0 atom stereocenters. The summed E-state index contributed by atoms with van der Waals surface area (Å²) in [4.78, 5) is 22.4. The summed E-state index contributed by atoms with van der Waals surface area (Å²) >= 11 is 0. The summed E-state index contributed by atoms with van der Waals surface area (Å²) in [6.45, 7) is 0.0225. The van der Waals surface area contributed by atoms with E-state index in [4.69, 9.17) is 5.11 Å². The summed E-state index contributed by atoms with van der Waals surface area (Å²) in [7, 11) is 0. The minimum atomic E-state index is -3.22. The molecule has 1 N–H and O–H groups in total. The van der Waals surface area contributed by atoms with E-state index in [1.165, 1.54) is 4.90 Å². The molecule has 1 saturated heterocycles. The van der Waals surface area contributed by atoms with E-state index in [9.17, 15) is 18.4 Å². The first-order valence-corrected chi connectivity index (χ1v) is 4.73. The van der Waals surface area contributed by atoms with Gasteiger partial charge in [0.15, 0.2) is 0 Å². The number of carboxylic acids is 1. The van der Waals surface area contributed by atoms with Crippen molar-refractivity contribution in [1.82, 2.24) is 4.90 Å². The van der Waals surface area contributed by atoms with Crippen molar-refractivity contribution in [2.24, 2.45) is 0 Å². The second-order valence-electron chi connectivity index (χ2n) is 3.74. The molecule has 0 amide bonds. The summed E-state index contributed by atoms with van der Waals surface area (Å²) in [5.41, 5.74) is 0. The molecule has 1 aliphatic heterocycles. The first-order valence-electron chi connectivity index (χ1n) is 4.73. The molecule has 1 heterocycles. The third-order valence-electron chi connectivity index (χ3n) is 2.28. The Hall–Kier alpha value is -1.04. The van der Waals surface area contributed by atoms with Crippen LogP contribution in [0.25, 0.3) is 0 Å². The Morgan fingerprint density at radius 3 is 2.40 bits per heavy atom. The van der Waals surface area contributed by atoms with Gasteiger partial charge in [-0.05, 0) is 0 Å². The van der Waals surface area contributed by atoms with Gasteiger partial charge in [0, 0.05) is 25.9 Å². The number of halogens is 2. The topological polar surface area (TPSA) is 57.6 Å². The van der Waals surface area contributed by atoms with Crippen LogP contribution in [0, 0.1) is 0 Å². The highest BCUT2D eigenvalue weighted by Gasteiger charge is 2.35. The predicted molar refractivity (Wildman–Crippen MR) is 47.9 cm³/mol. The van der Waals surface area contributed by atoms with Gasteiger partial charge < -0.3 is 5.11 Å². The van der Waals surface area contributed by atoms with Crippen molar-refractivity contribution in [2.75, 3.05) is 19.6 Å². The maximum absolute atomic E-state index is 13.0. The first kappa shape index (κ1) is 12.0. The number of hydrogen-bond donors (Lipinski definition) is 1. The van der Waals surface area contributed by atoms with Gasteiger partial charge in [0.05, 0.1) is 6.54 Å². The molecule has 0 aliphatic carbocycles. The monoisotopic (exact) mass is 221 g/mol. The molecule has 0 spiro atoms. The minimum Gasteiger partial charge on any atom is -0.481 e. The molecule has 86 valence electrons. The highest BCUT2D eigenvalue weighted by molar-refractivity contribution is 5.79. The number of nitrogens with zero attached hydrogens (tertiary/aromatic N) is 1. The van der Waals surface area contributed by atoms with Crippen LogP contribution < -0.4 is 0 Å². The van der Waals surface area contributed by atoms with Crippen molar-refractivity contribution in [3.63, 3.8) is 0 Å². The van der Waals surface area contributed by atoms with Gasteiger partial charge in [-0.15, -0.1) is 0 Å². The number of Topliss-reactive ketones (excluding diaryl/α,β-unsaturated/α-hetero) is 1. The Morgan fingerprint density at radius 2 is 1.93 bits per heavy atom. The van der Waals surface area contributed by atoms with Crippen LogP contribution in [0.5, 0.6) is 0 Å². The quantitative estimate of drug-likeness (QED) is 0.761. The Morgan fingerprint density at radius 1 is 1.40 bits per heavy atom. The minimum absolute atomic E-state index is 0.0767. The van der Waals surface area contributed by atoms with Crippen molar-refractivity contribution in [1.29, 1.82) is 0 Å². The van der Waals surface area contributed by atoms with Crippen molar-refractivity contribution in [3.8, 4) is 0 Å². The van der Waals surface area contributed by atoms with E-state index in [0.717, 1.165) is 0 Å². The van der Waals surface area contributed by atoms with Crippen molar-refractivity contribution in [3.05, 3.63) is 0 Å². The Bertz CT molecular complexity index is 258. The van der Waals surface area contributed by atoms with E-state index in [1.54, 1.807) is 0 Å². The first-order chi connectivity index (χ1) is 6.89. The van der Waals surface area contributed by atoms with Crippen LogP contribution in [-0.4, -0.2) is 47.3 Å². The molecule has 4 nitrogen and oxygen atoms in total. The zero-order valence-electron chi connectivity index (χ0n) is 8.21. The fourth-order valence-corrected chi connectivity index (χ4v) is 1.56. The summed E-state index contributed by atoms with van der Waals surface area (Å²) in [6, 6.07) is 0.